The minimum atomic E-state index is -0.507. The van der Waals surface area contributed by atoms with Crippen molar-refractivity contribution in [2.24, 2.45) is 23.7 Å². The van der Waals surface area contributed by atoms with Crippen molar-refractivity contribution in [3.63, 3.8) is 0 Å². The van der Waals surface area contributed by atoms with Crippen LogP contribution in [-0.2, 0) is 28.5 Å². The number of aliphatic hydroxyl groups excluding tert-OH is 1. The average molecular weight is 523 g/mol. The van der Waals surface area contributed by atoms with E-state index in [-0.39, 0.29) is 60.3 Å². The molecular formula is C30H50O7. The third-order valence-corrected chi connectivity index (χ3v) is 8.38. The lowest BCUT2D eigenvalue weighted by atomic mass is 9.80. The summed E-state index contributed by atoms with van der Waals surface area (Å²) in [6.07, 6.45) is 9.09. The number of hydrogen-bond donors (Lipinski definition) is 1. The number of esters is 1. The molecule has 0 radical (unpaired) electrons. The van der Waals surface area contributed by atoms with Crippen molar-refractivity contribution in [2.75, 3.05) is 19.8 Å². The second kappa shape index (κ2) is 15.3. The van der Waals surface area contributed by atoms with E-state index in [0.717, 1.165) is 37.7 Å². The Morgan fingerprint density at radius 1 is 1.05 bits per heavy atom. The first-order valence-electron chi connectivity index (χ1n) is 14.7. The predicted molar refractivity (Wildman–Crippen MR) is 142 cm³/mol. The van der Waals surface area contributed by atoms with Crippen LogP contribution in [-0.4, -0.2) is 61.3 Å². The number of fused-ring (bicyclic) bond motifs is 2. The van der Waals surface area contributed by atoms with Crippen LogP contribution in [0, 0.1) is 23.7 Å². The van der Waals surface area contributed by atoms with Crippen molar-refractivity contribution in [3.8, 4) is 0 Å². The maximum Gasteiger partial charge on any atom is 0.306 e. The van der Waals surface area contributed by atoms with Gasteiger partial charge < -0.3 is 24.1 Å². The fraction of sp³-hybridized carbons (Fsp3) is 0.867. The van der Waals surface area contributed by atoms with Gasteiger partial charge in [-0.2, -0.15) is 0 Å². The second-order valence-corrected chi connectivity index (χ2v) is 11.7. The largest absolute Gasteiger partial charge is 0.462 e. The van der Waals surface area contributed by atoms with Gasteiger partial charge >= 0.3 is 5.97 Å². The van der Waals surface area contributed by atoms with Gasteiger partial charge in [-0.3, -0.25) is 9.59 Å². The first kappa shape index (κ1) is 30.3. The number of ketones is 1. The summed E-state index contributed by atoms with van der Waals surface area (Å²) in [6.45, 7) is 9.69. The van der Waals surface area contributed by atoms with E-state index in [1.807, 2.05) is 13.8 Å². The van der Waals surface area contributed by atoms with Gasteiger partial charge in [-0.05, 0) is 83.5 Å². The van der Waals surface area contributed by atoms with Crippen LogP contribution in [0.5, 0.6) is 0 Å². The number of Topliss-reactive ketones (excluding diaryl/α,β-unsaturated/α-hetero) is 1. The number of hydrogen-bond acceptors (Lipinski definition) is 7. The molecule has 212 valence electrons. The number of rotatable bonds is 4. The number of allylic oxidation sites excluding steroid dienone is 1. The molecule has 0 aromatic heterocycles. The third-order valence-electron chi connectivity index (χ3n) is 8.38. The Labute approximate surface area is 223 Å². The van der Waals surface area contributed by atoms with Gasteiger partial charge in [0.1, 0.15) is 11.9 Å². The molecule has 3 rings (SSSR count). The van der Waals surface area contributed by atoms with Crippen molar-refractivity contribution in [3.05, 3.63) is 11.6 Å². The highest BCUT2D eigenvalue weighted by Gasteiger charge is 2.31. The van der Waals surface area contributed by atoms with Gasteiger partial charge in [0, 0.05) is 37.9 Å². The standard InChI is InChI=1S/C30H50O7/c1-5-28-25(19-35-30-8-6-7-22(4)36-30)15-20(2)9-11-26(31)21(3)16-23-17-24(10-12-29(33)37-28)27(32)13-14-34-18-23/h15,21-25,27-28,30,32H,5-14,16-19H2,1-4H3/b20-15+/t21-,22?,23+,24+,25?,27?,28?,30-/m1/s1. The zero-order chi connectivity index (χ0) is 26.8. The molecule has 0 amide bonds. The molecule has 0 saturated carbocycles. The van der Waals surface area contributed by atoms with Gasteiger partial charge in [-0.1, -0.05) is 25.5 Å². The molecule has 4 unspecified atom stereocenters. The third kappa shape index (κ3) is 10.1. The lowest BCUT2D eigenvalue weighted by Crippen LogP contribution is -2.34. The number of carbonyl (C=O) groups excluding carboxylic acids is 2. The summed E-state index contributed by atoms with van der Waals surface area (Å²) in [7, 11) is 0. The molecule has 8 atom stereocenters. The summed E-state index contributed by atoms with van der Waals surface area (Å²) in [5.41, 5.74) is 1.12. The number of carbonyl (C=O) groups is 2. The summed E-state index contributed by atoms with van der Waals surface area (Å²) >= 11 is 0. The van der Waals surface area contributed by atoms with Gasteiger partial charge in [0.05, 0.1) is 18.8 Å². The van der Waals surface area contributed by atoms with Crippen molar-refractivity contribution in [2.45, 2.75) is 123 Å². The highest BCUT2D eigenvalue weighted by Crippen LogP contribution is 2.31. The Kier molecular flexibility index (Phi) is 12.6. The van der Waals surface area contributed by atoms with Crippen molar-refractivity contribution in [1.29, 1.82) is 0 Å². The first-order valence-corrected chi connectivity index (χ1v) is 14.7. The Balaban J connectivity index is 1.76. The van der Waals surface area contributed by atoms with Crippen molar-refractivity contribution >= 4 is 11.8 Å². The van der Waals surface area contributed by atoms with Gasteiger partial charge in [0.15, 0.2) is 6.29 Å². The first-order chi connectivity index (χ1) is 17.7. The van der Waals surface area contributed by atoms with Crippen LogP contribution >= 0.6 is 0 Å². The van der Waals surface area contributed by atoms with Gasteiger partial charge in [0.25, 0.3) is 0 Å². The summed E-state index contributed by atoms with van der Waals surface area (Å²) in [4.78, 5) is 26.0. The predicted octanol–water partition coefficient (Wildman–Crippen LogP) is 5.38. The van der Waals surface area contributed by atoms with E-state index < -0.39 is 6.10 Å². The molecule has 1 N–H and O–H groups in total. The lowest BCUT2D eigenvalue weighted by Gasteiger charge is -2.32. The zero-order valence-electron chi connectivity index (χ0n) is 23.5. The van der Waals surface area contributed by atoms with E-state index in [1.54, 1.807) is 0 Å². The molecule has 0 aromatic carbocycles. The molecular weight excluding hydrogens is 472 g/mol. The molecule has 3 heterocycles. The highest BCUT2D eigenvalue weighted by molar-refractivity contribution is 5.80. The quantitative estimate of drug-likeness (QED) is 0.392. The molecule has 37 heavy (non-hydrogen) atoms. The summed E-state index contributed by atoms with van der Waals surface area (Å²) in [6, 6.07) is 0. The van der Waals surface area contributed by atoms with Crippen LogP contribution in [0.15, 0.2) is 11.6 Å². The number of cyclic esters (lactones) is 1. The summed E-state index contributed by atoms with van der Waals surface area (Å²) in [5.74, 6) is 0.101. The van der Waals surface area contributed by atoms with Crippen molar-refractivity contribution < 1.29 is 33.6 Å². The molecule has 2 bridgehead atoms. The van der Waals surface area contributed by atoms with Crippen LogP contribution in [0.4, 0.5) is 0 Å². The van der Waals surface area contributed by atoms with E-state index in [2.05, 4.69) is 19.9 Å². The Morgan fingerprint density at radius 3 is 2.62 bits per heavy atom. The van der Waals surface area contributed by atoms with Crippen molar-refractivity contribution in [1.82, 2.24) is 0 Å². The number of ether oxygens (including phenoxy) is 4. The Hall–Kier alpha value is -1.28. The van der Waals surface area contributed by atoms with E-state index in [1.165, 1.54) is 0 Å². The molecule has 0 aliphatic carbocycles. The molecule has 7 nitrogen and oxygen atoms in total. The molecule has 3 aliphatic rings. The van der Waals surface area contributed by atoms with Crippen LogP contribution in [0.3, 0.4) is 0 Å². The molecule has 2 saturated heterocycles. The van der Waals surface area contributed by atoms with Crippen LogP contribution in [0.1, 0.15) is 98.3 Å². The van der Waals surface area contributed by atoms with E-state index >= 15 is 0 Å². The molecule has 7 heteroatoms. The molecule has 3 aliphatic heterocycles. The SMILES string of the molecule is CCC1OC(=O)CC[C@H]2C[C@@H](COCCC2O)C[C@@H](C)C(=O)CC/C(C)=C/C1CO[C@H]1CCCC(C)O1. The molecule has 2 fully saturated rings. The second-order valence-electron chi connectivity index (χ2n) is 11.7. The topological polar surface area (TPSA) is 91.3 Å². The summed E-state index contributed by atoms with van der Waals surface area (Å²) in [5, 5.41) is 10.8. The minimum absolute atomic E-state index is 0.00319. The van der Waals surface area contributed by atoms with E-state index in [4.69, 9.17) is 18.9 Å². The molecule has 0 spiro atoms. The van der Waals surface area contributed by atoms with E-state index in [9.17, 15) is 14.7 Å². The zero-order valence-corrected chi connectivity index (χ0v) is 23.5. The maximum atomic E-state index is 13.0. The van der Waals surface area contributed by atoms with Crippen LogP contribution in [0.25, 0.3) is 0 Å². The Bertz CT molecular complexity index is 750. The fourth-order valence-electron chi connectivity index (χ4n) is 6.04. The van der Waals surface area contributed by atoms with Gasteiger partial charge in [0.2, 0.25) is 0 Å². The van der Waals surface area contributed by atoms with Crippen LogP contribution < -0.4 is 0 Å². The summed E-state index contributed by atoms with van der Waals surface area (Å²) < 4.78 is 23.9. The van der Waals surface area contributed by atoms with E-state index in [0.29, 0.717) is 51.9 Å². The monoisotopic (exact) mass is 522 g/mol. The van der Waals surface area contributed by atoms with Gasteiger partial charge in [-0.25, -0.2) is 0 Å². The molecule has 0 aromatic rings. The lowest BCUT2D eigenvalue weighted by molar-refractivity contribution is -0.197. The van der Waals surface area contributed by atoms with Gasteiger partial charge in [-0.15, -0.1) is 0 Å². The Morgan fingerprint density at radius 2 is 1.86 bits per heavy atom. The fourth-order valence-corrected chi connectivity index (χ4v) is 6.04. The van der Waals surface area contributed by atoms with Crippen LogP contribution in [0.2, 0.25) is 0 Å². The average Bonchev–Trinajstić information content (AvgIpc) is 2.86. The number of aliphatic hydroxyl groups is 1. The maximum absolute atomic E-state index is 13.0. The highest BCUT2D eigenvalue weighted by atomic mass is 16.7. The minimum Gasteiger partial charge on any atom is -0.462 e. The smallest absolute Gasteiger partial charge is 0.306 e. The normalized spacial score (nSPS) is 39.1.